The fourth-order valence-corrected chi connectivity index (χ4v) is 2.34. The normalized spacial score (nSPS) is 11.3. The Kier molecular flexibility index (Phi) is 6.84. The second-order valence-corrected chi connectivity index (χ2v) is 5.46. The van der Waals surface area contributed by atoms with E-state index < -0.39 is 36.2 Å². The predicted octanol–water partition coefficient (Wildman–Crippen LogP) is 3.21. The number of rotatable bonds is 6. The van der Waals surface area contributed by atoms with Gasteiger partial charge in [0.05, 0.1) is 11.6 Å². The highest BCUT2D eigenvalue weighted by Gasteiger charge is 2.21. The van der Waals surface area contributed by atoms with Gasteiger partial charge in [-0.05, 0) is 24.1 Å². The predicted molar refractivity (Wildman–Crippen MR) is 94.0 cm³/mol. The van der Waals surface area contributed by atoms with Gasteiger partial charge in [0.1, 0.15) is 5.82 Å². The molecule has 0 fully saturated rings. The van der Waals surface area contributed by atoms with Crippen LogP contribution in [0.5, 0.6) is 0 Å². The second-order valence-electron chi connectivity index (χ2n) is 5.46. The van der Waals surface area contributed by atoms with Crippen LogP contribution in [0.4, 0.5) is 14.9 Å². The van der Waals surface area contributed by atoms with Gasteiger partial charge >= 0.3 is 12.0 Å². The first-order valence-corrected chi connectivity index (χ1v) is 8.08. The van der Waals surface area contributed by atoms with Crippen molar-refractivity contribution >= 4 is 23.6 Å². The number of anilines is 1. The molecule has 0 bridgehead atoms. The van der Waals surface area contributed by atoms with Crippen LogP contribution in [0.25, 0.3) is 0 Å². The second kappa shape index (κ2) is 9.31. The number of esters is 1. The van der Waals surface area contributed by atoms with Crippen molar-refractivity contribution in [3.05, 3.63) is 66.0 Å². The number of ether oxygens (including phenoxy) is 1. The number of amides is 3. The molecule has 0 heterocycles. The number of carbonyl (C=O) groups is 3. The molecular formula is C19H19FN2O4. The summed E-state index contributed by atoms with van der Waals surface area (Å²) in [5.74, 6) is -2.48. The molecule has 2 rings (SSSR count). The summed E-state index contributed by atoms with van der Waals surface area (Å²) in [6, 6.07) is 13.7. The van der Waals surface area contributed by atoms with Crippen LogP contribution in [0.2, 0.25) is 0 Å². The molecule has 0 saturated carbocycles. The maximum Gasteiger partial charge on any atom is 0.326 e. The van der Waals surface area contributed by atoms with E-state index in [1.807, 2.05) is 30.4 Å². The molecule has 26 heavy (non-hydrogen) atoms. The Morgan fingerprint density at radius 3 is 2.35 bits per heavy atom. The van der Waals surface area contributed by atoms with Crippen LogP contribution in [0.1, 0.15) is 24.8 Å². The van der Waals surface area contributed by atoms with Gasteiger partial charge in [-0.25, -0.2) is 9.18 Å². The van der Waals surface area contributed by atoms with Crippen LogP contribution in [-0.4, -0.2) is 24.5 Å². The third kappa shape index (κ3) is 5.41. The zero-order chi connectivity index (χ0) is 18.9. The van der Waals surface area contributed by atoms with E-state index in [9.17, 15) is 18.8 Å². The summed E-state index contributed by atoms with van der Waals surface area (Å²) >= 11 is 0. The molecule has 1 unspecified atom stereocenters. The smallest absolute Gasteiger partial charge is 0.326 e. The summed E-state index contributed by atoms with van der Waals surface area (Å²) in [5, 5.41) is 4.18. The zero-order valence-electron chi connectivity index (χ0n) is 14.2. The topological polar surface area (TPSA) is 84.5 Å². The van der Waals surface area contributed by atoms with Crippen LogP contribution < -0.4 is 10.6 Å². The molecule has 6 nitrogen and oxygen atoms in total. The summed E-state index contributed by atoms with van der Waals surface area (Å²) in [6.45, 7) is 1.23. The lowest BCUT2D eigenvalue weighted by Gasteiger charge is -2.14. The van der Waals surface area contributed by atoms with Crippen LogP contribution in [0.15, 0.2) is 54.6 Å². The molecule has 0 saturated heterocycles. The Morgan fingerprint density at radius 2 is 1.69 bits per heavy atom. The van der Waals surface area contributed by atoms with Crippen molar-refractivity contribution < 1.29 is 23.5 Å². The molecule has 136 valence electrons. The zero-order valence-corrected chi connectivity index (χ0v) is 14.2. The number of hydrogen-bond donors (Lipinski definition) is 2. The molecule has 3 amide bonds. The maximum absolute atomic E-state index is 13.4. The minimum Gasteiger partial charge on any atom is -0.455 e. The summed E-state index contributed by atoms with van der Waals surface area (Å²) in [4.78, 5) is 35.6. The molecule has 7 heteroatoms. The molecule has 0 radical (unpaired) electrons. The molecule has 0 aliphatic carbocycles. The van der Waals surface area contributed by atoms with Crippen LogP contribution in [0.3, 0.4) is 0 Å². The molecule has 0 aliphatic rings. The Morgan fingerprint density at radius 1 is 1.04 bits per heavy atom. The first kappa shape index (κ1) is 19.1. The average molecular weight is 358 g/mol. The summed E-state index contributed by atoms with van der Waals surface area (Å²) in [5.41, 5.74) is 0.725. The molecule has 0 aliphatic heterocycles. The lowest BCUT2D eigenvalue weighted by Crippen LogP contribution is -2.37. The van der Waals surface area contributed by atoms with E-state index in [1.54, 1.807) is 12.1 Å². The number of para-hydroxylation sites is 1. The van der Waals surface area contributed by atoms with Crippen molar-refractivity contribution in [2.24, 2.45) is 0 Å². The molecule has 1 atom stereocenters. The van der Waals surface area contributed by atoms with E-state index in [1.165, 1.54) is 24.3 Å². The third-order valence-electron chi connectivity index (χ3n) is 3.62. The van der Waals surface area contributed by atoms with Crippen molar-refractivity contribution in [2.75, 3.05) is 11.9 Å². The Hall–Kier alpha value is -3.22. The number of urea groups is 1. The minimum atomic E-state index is -0.911. The highest BCUT2D eigenvalue weighted by Crippen LogP contribution is 2.20. The van der Waals surface area contributed by atoms with E-state index in [-0.39, 0.29) is 5.69 Å². The highest BCUT2D eigenvalue weighted by atomic mass is 19.1. The highest BCUT2D eigenvalue weighted by molar-refractivity contribution is 6.02. The number of benzene rings is 2. The van der Waals surface area contributed by atoms with Crippen molar-refractivity contribution in [1.82, 2.24) is 5.32 Å². The average Bonchev–Trinajstić information content (AvgIpc) is 2.63. The van der Waals surface area contributed by atoms with Gasteiger partial charge in [0.15, 0.2) is 6.61 Å². The number of hydrogen-bond acceptors (Lipinski definition) is 4. The first-order valence-electron chi connectivity index (χ1n) is 8.08. The van der Waals surface area contributed by atoms with E-state index >= 15 is 0 Å². The van der Waals surface area contributed by atoms with Gasteiger partial charge in [-0.2, -0.15) is 0 Å². The Bertz CT molecular complexity index is 780. The van der Waals surface area contributed by atoms with Crippen LogP contribution >= 0.6 is 0 Å². The van der Waals surface area contributed by atoms with Crippen LogP contribution in [0, 0.1) is 5.82 Å². The number of carbonyl (C=O) groups excluding carboxylic acids is 3. The molecule has 0 spiro atoms. The molecule has 0 aromatic heterocycles. The molecule has 2 aromatic carbocycles. The summed E-state index contributed by atoms with van der Waals surface area (Å²) < 4.78 is 18.4. The number of nitrogens with one attached hydrogen (secondary N) is 2. The quantitative estimate of drug-likeness (QED) is 0.777. The Balaban J connectivity index is 1.83. The Labute approximate surface area is 150 Å². The maximum atomic E-state index is 13.4. The van der Waals surface area contributed by atoms with Gasteiger partial charge in [-0.1, -0.05) is 49.4 Å². The number of imide groups is 1. The fraction of sp³-hybridized carbons (Fsp3) is 0.211. The minimum absolute atomic E-state index is 0.0649. The van der Waals surface area contributed by atoms with Crippen LogP contribution in [-0.2, 0) is 14.3 Å². The van der Waals surface area contributed by atoms with E-state index in [0.717, 1.165) is 5.56 Å². The van der Waals surface area contributed by atoms with Gasteiger partial charge in [-0.15, -0.1) is 0 Å². The van der Waals surface area contributed by atoms with Crippen molar-refractivity contribution in [3.8, 4) is 0 Å². The van der Waals surface area contributed by atoms with Gasteiger partial charge < -0.3 is 10.1 Å². The van der Waals surface area contributed by atoms with Gasteiger partial charge in [0.2, 0.25) is 0 Å². The van der Waals surface area contributed by atoms with E-state index in [4.69, 9.17) is 4.74 Å². The lowest BCUT2D eigenvalue weighted by atomic mass is 9.97. The van der Waals surface area contributed by atoms with Gasteiger partial charge in [-0.3, -0.25) is 14.9 Å². The molecule has 2 N–H and O–H groups in total. The van der Waals surface area contributed by atoms with Crippen molar-refractivity contribution in [1.29, 1.82) is 0 Å². The van der Waals surface area contributed by atoms with Crippen molar-refractivity contribution in [3.63, 3.8) is 0 Å². The summed E-state index contributed by atoms with van der Waals surface area (Å²) in [7, 11) is 0. The molecule has 2 aromatic rings. The van der Waals surface area contributed by atoms with E-state index in [0.29, 0.717) is 6.42 Å². The lowest BCUT2D eigenvalue weighted by molar-refractivity contribution is -0.149. The SMILES string of the molecule is CCC(C(=O)OCC(=O)NC(=O)Nc1ccccc1F)c1ccccc1. The number of halogens is 1. The van der Waals surface area contributed by atoms with E-state index in [2.05, 4.69) is 5.32 Å². The van der Waals surface area contributed by atoms with Crippen molar-refractivity contribution in [2.45, 2.75) is 19.3 Å². The first-order chi connectivity index (χ1) is 12.5. The monoisotopic (exact) mass is 358 g/mol. The summed E-state index contributed by atoms with van der Waals surface area (Å²) in [6.07, 6.45) is 0.512. The van der Waals surface area contributed by atoms with Gasteiger partial charge in [0, 0.05) is 0 Å². The standard InChI is InChI=1S/C19H19FN2O4/c1-2-14(13-8-4-3-5-9-13)18(24)26-12-17(23)22-19(25)21-16-11-7-6-10-15(16)20/h3-11,14H,2,12H2,1H3,(H2,21,22,23,25). The largest absolute Gasteiger partial charge is 0.455 e. The molecular weight excluding hydrogens is 339 g/mol. The van der Waals surface area contributed by atoms with Gasteiger partial charge in [0.25, 0.3) is 5.91 Å². The fourth-order valence-electron chi connectivity index (χ4n) is 2.34. The third-order valence-corrected chi connectivity index (χ3v) is 3.62.